The van der Waals surface area contributed by atoms with Crippen LogP contribution in [0.3, 0.4) is 0 Å². The summed E-state index contributed by atoms with van der Waals surface area (Å²) in [6, 6.07) is 12.1. The Balaban J connectivity index is 1.33. The highest BCUT2D eigenvalue weighted by molar-refractivity contribution is 7.91. The average molecular weight is 613 g/mol. The second-order valence-electron chi connectivity index (χ2n) is 9.86. The predicted octanol–water partition coefficient (Wildman–Crippen LogP) is 3.90. The minimum atomic E-state index is -4.62. The van der Waals surface area contributed by atoms with Crippen LogP contribution in [0, 0.1) is 0 Å². The van der Waals surface area contributed by atoms with E-state index < -0.39 is 51.6 Å². The summed E-state index contributed by atoms with van der Waals surface area (Å²) in [6.45, 7) is -2.20. The number of carbonyl (C=O) groups is 1. The molecule has 0 unspecified atom stereocenters. The van der Waals surface area contributed by atoms with Crippen LogP contribution in [0.1, 0.15) is 41.6 Å². The number of hydrogen-bond acceptors (Lipinski definition) is 10. The number of halogens is 4. The van der Waals surface area contributed by atoms with E-state index in [1.54, 1.807) is 12.1 Å². The first-order valence-electron chi connectivity index (χ1n) is 12.4. The number of aliphatic hydroxyl groups excluding tert-OH is 1. The van der Waals surface area contributed by atoms with E-state index in [0.717, 1.165) is 18.4 Å². The van der Waals surface area contributed by atoms with Gasteiger partial charge in [0.1, 0.15) is 4.75 Å². The third-order valence-electron chi connectivity index (χ3n) is 6.77. The number of rotatable bonds is 11. The topological polar surface area (TPSA) is 155 Å². The highest BCUT2D eigenvalue weighted by Crippen LogP contribution is 2.48. The SMILES string of the molecule is O=C(NS(=O)(=O)C1(CO)CC1)c1ccc(Nc2nc(NC3(c4ccc(Cl)cc4)CC3)nc(OCC(F)(F)F)n2)cc1. The van der Waals surface area contributed by atoms with Crippen LogP contribution in [0.4, 0.5) is 30.8 Å². The van der Waals surface area contributed by atoms with Crippen molar-refractivity contribution in [3.05, 3.63) is 64.7 Å². The van der Waals surface area contributed by atoms with Gasteiger partial charge in [-0.3, -0.25) is 4.79 Å². The van der Waals surface area contributed by atoms with E-state index in [0.29, 0.717) is 10.7 Å². The highest BCUT2D eigenvalue weighted by Gasteiger charge is 2.55. The van der Waals surface area contributed by atoms with Crippen molar-refractivity contribution in [2.45, 2.75) is 42.1 Å². The smallest absolute Gasteiger partial charge is 0.422 e. The van der Waals surface area contributed by atoms with Crippen LogP contribution in [0.25, 0.3) is 0 Å². The second-order valence-corrected chi connectivity index (χ2v) is 12.4. The van der Waals surface area contributed by atoms with Gasteiger partial charge in [-0.2, -0.15) is 28.1 Å². The lowest BCUT2D eigenvalue weighted by molar-refractivity contribution is -0.154. The molecule has 0 radical (unpaired) electrons. The number of amides is 1. The Morgan fingerprint density at radius 1 is 0.976 bits per heavy atom. The lowest BCUT2D eigenvalue weighted by Crippen LogP contribution is -2.41. The van der Waals surface area contributed by atoms with Gasteiger partial charge in [0.2, 0.25) is 21.9 Å². The van der Waals surface area contributed by atoms with Gasteiger partial charge in [0.25, 0.3) is 5.91 Å². The average Bonchev–Trinajstić information content (AvgIpc) is 3.84. The third kappa shape index (κ3) is 6.63. The van der Waals surface area contributed by atoms with Crippen molar-refractivity contribution >= 4 is 45.1 Å². The summed E-state index contributed by atoms with van der Waals surface area (Å²) in [6.07, 6.45) is -2.66. The van der Waals surface area contributed by atoms with E-state index >= 15 is 0 Å². The van der Waals surface area contributed by atoms with E-state index in [2.05, 4.69) is 25.6 Å². The molecule has 16 heteroatoms. The fourth-order valence-electron chi connectivity index (χ4n) is 4.05. The molecule has 2 aliphatic rings. The van der Waals surface area contributed by atoms with Gasteiger partial charge in [0.05, 0.1) is 12.1 Å². The number of sulfonamides is 1. The Hall–Kier alpha value is -3.69. The van der Waals surface area contributed by atoms with Gasteiger partial charge in [-0.05, 0) is 67.6 Å². The lowest BCUT2D eigenvalue weighted by Gasteiger charge is -2.19. The Morgan fingerprint density at radius 3 is 2.17 bits per heavy atom. The molecular weight excluding hydrogens is 589 g/mol. The fourth-order valence-corrected chi connectivity index (χ4v) is 5.56. The maximum absolute atomic E-state index is 12.8. The zero-order valence-corrected chi connectivity index (χ0v) is 22.8. The third-order valence-corrected chi connectivity index (χ3v) is 9.16. The molecule has 0 aliphatic heterocycles. The number of ether oxygens (including phenoxy) is 1. The van der Waals surface area contributed by atoms with Crippen molar-refractivity contribution in [2.24, 2.45) is 0 Å². The van der Waals surface area contributed by atoms with Crippen LogP contribution < -0.4 is 20.1 Å². The molecule has 0 bridgehead atoms. The molecule has 2 aliphatic carbocycles. The molecule has 11 nitrogen and oxygen atoms in total. The van der Waals surface area contributed by atoms with Gasteiger partial charge in [-0.1, -0.05) is 23.7 Å². The summed E-state index contributed by atoms with van der Waals surface area (Å²) in [7, 11) is -4.06. The van der Waals surface area contributed by atoms with Crippen molar-refractivity contribution in [3.8, 4) is 6.01 Å². The molecule has 4 N–H and O–H groups in total. The minimum Gasteiger partial charge on any atom is -0.454 e. The summed E-state index contributed by atoms with van der Waals surface area (Å²) in [5, 5.41) is 15.9. The van der Waals surface area contributed by atoms with E-state index in [4.69, 9.17) is 16.3 Å². The zero-order chi connectivity index (χ0) is 29.5. The Morgan fingerprint density at radius 2 is 1.61 bits per heavy atom. The summed E-state index contributed by atoms with van der Waals surface area (Å²) in [5.74, 6) is -1.03. The molecule has 0 spiro atoms. The number of carbonyl (C=O) groups excluding carboxylic acids is 1. The lowest BCUT2D eigenvalue weighted by atomic mass is 10.1. The molecule has 2 saturated carbocycles. The van der Waals surface area contributed by atoms with Gasteiger partial charge in [-0.15, -0.1) is 0 Å². The van der Waals surface area contributed by atoms with Crippen molar-refractivity contribution in [2.75, 3.05) is 23.8 Å². The number of aromatic nitrogens is 3. The molecule has 0 saturated heterocycles. The number of hydrogen-bond donors (Lipinski definition) is 4. The van der Waals surface area contributed by atoms with Crippen molar-refractivity contribution in [1.82, 2.24) is 19.7 Å². The van der Waals surface area contributed by atoms with Gasteiger partial charge >= 0.3 is 12.2 Å². The van der Waals surface area contributed by atoms with Crippen molar-refractivity contribution in [3.63, 3.8) is 0 Å². The number of anilines is 3. The summed E-state index contributed by atoms with van der Waals surface area (Å²) in [5.41, 5.74) is 0.738. The molecule has 3 aromatic rings. The summed E-state index contributed by atoms with van der Waals surface area (Å²) in [4.78, 5) is 24.7. The van der Waals surface area contributed by atoms with Crippen molar-refractivity contribution in [1.29, 1.82) is 0 Å². The molecule has 2 fully saturated rings. The van der Waals surface area contributed by atoms with E-state index in [9.17, 15) is 31.5 Å². The molecule has 218 valence electrons. The molecule has 1 heterocycles. The predicted molar refractivity (Wildman–Crippen MR) is 143 cm³/mol. The first kappa shape index (κ1) is 28.8. The standard InChI is InChI=1S/C25H24ClF3N6O5S/c26-17-5-3-16(4-6-17)24(11-12-24)34-21-31-20(32-22(33-21)40-14-25(27,28)29)30-18-7-1-15(2-8-18)19(37)35-41(38,39)23(13-36)9-10-23/h1-8,36H,9-14H2,(H,35,37)(H2,30,31,32,33,34). The zero-order valence-electron chi connectivity index (χ0n) is 21.2. The molecule has 0 atom stereocenters. The molecule has 41 heavy (non-hydrogen) atoms. The number of nitrogens with zero attached hydrogens (tertiary/aromatic N) is 3. The van der Waals surface area contributed by atoms with Gasteiger partial charge in [-0.25, -0.2) is 13.1 Å². The maximum atomic E-state index is 12.8. The molecule has 5 rings (SSSR count). The van der Waals surface area contributed by atoms with E-state index in [1.807, 2.05) is 16.9 Å². The second kappa shape index (κ2) is 10.6. The number of nitrogens with one attached hydrogen (secondary N) is 3. The quantitative estimate of drug-likeness (QED) is 0.251. The molecule has 1 amide bonds. The van der Waals surface area contributed by atoms with Gasteiger partial charge in [0.15, 0.2) is 6.61 Å². The Labute approximate surface area is 237 Å². The number of benzene rings is 2. The highest BCUT2D eigenvalue weighted by atomic mass is 35.5. The minimum absolute atomic E-state index is 0.0220. The van der Waals surface area contributed by atoms with E-state index in [-0.39, 0.29) is 30.3 Å². The molecule has 1 aromatic heterocycles. The maximum Gasteiger partial charge on any atom is 0.422 e. The fraction of sp³-hybridized carbons (Fsp3) is 0.360. The molecule has 2 aromatic carbocycles. The van der Waals surface area contributed by atoms with Crippen molar-refractivity contribution < 1.29 is 36.2 Å². The van der Waals surface area contributed by atoms with Crippen LogP contribution in [0.15, 0.2) is 48.5 Å². The number of aliphatic hydroxyl groups is 1. The molecular formula is C25H24ClF3N6O5S. The van der Waals surface area contributed by atoms with Crippen LogP contribution in [0.2, 0.25) is 5.02 Å². The normalized spacial score (nSPS) is 16.9. The van der Waals surface area contributed by atoms with Gasteiger partial charge < -0.3 is 20.5 Å². The van der Waals surface area contributed by atoms with Gasteiger partial charge in [0, 0.05) is 16.3 Å². The summed E-state index contributed by atoms with van der Waals surface area (Å²) >= 11 is 5.99. The first-order valence-corrected chi connectivity index (χ1v) is 14.2. The van der Waals surface area contributed by atoms with Crippen LogP contribution in [-0.2, 0) is 15.6 Å². The largest absolute Gasteiger partial charge is 0.454 e. The monoisotopic (exact) mass is 612 g/mol. The summed E-state index contributed by atoms with van der Waals surface area (Å²) < 4.78 is 68.6. The van der Waals surface area contributed by atoms with E-state index in [1.165, 1.54) is 24.3 Å². The van der Waals surface area contributed by atoms with Crippen LogP contribution in [0.5, 0.6) is 6.01 Å². The Kier molecular flexibility index (Phi) is 7.46. The Bertz CT molecular complexity index is 1550. The first-order chi connectivity index (χ1) is 19.3. The number of alkyl halides is 3. The van der Waals surface area contributed by atoms with Crippen LogP contribution in [-0.4, -0.2) is 58.5 Å². The van der Waals surface area contributed by atoms with Crippen LogP contribution >= 0.6 is 11.6 Å².